The summed E-state index contributed by atoms with van der Waals surface area (Å²) in [4.78, 5) is 21.9. The first-order chi connectivity index (χ1) is 9.86. The molecule has 1 amide bonds. The maximum Gasteiger partial charge on any atom is 0.273 e. The number of carbonyl (C=O) groups is 1. The van der Waals surface area contributed by atoms with Crippen LogP contribution in [0.2, 0.25) is 0 Å². The van der Waals surface area contributed by atoms with Crippen LogP contribution in [0, 0.1) is 22.9 Å². The zero-order valence-corrected chi connectivity index (χ0v) is 11.0. The molecule has 0 bridgehead atoms. The van der Waals surface area contributed by atoms with Crippen molar-refractivity contribution >= 4 is 17.3 Å². The molecule has 0 fully saturated rings. The molecule has 108 valence electrons. The Morgan fingerprint density at radius 3 is 2.62 bits per heavy atom. The van der Waals surface area contributed by atoms with E-state index in [1.165, 1.54) is 18.2 Å². The van der Waals surface area contributed by atoms with E-state index in [9.17, 15) is 24.4 Å². The molecule has 0 unspecified atom stereocenters. The van der Waals surface area contributed by atoms with Crippen molar-refractivity contribution in [2.75, 3.05) is 5.32 Å². The van der Waals surface area contributed by atoms with E-state index in [0.29, 0.717) is 11.3 Å². The standard InChI is InChI=1S/C14H11FN2O4/c1-8-4-12(18)2-3-13(8)16-14(19)9-5-10(15)7-11(6-9)17(20)21/h2-7,18H,1H3,(H,16,19). The van der Waals surface area contributed by atoms with Crippen LogP contribution in [0.3, 0.4) is 0 Å². The second-order valence-electron chi connectivity index (χ2n) is 4.41. The Bertz CT molecular complexity index is 731. The SMILES string of the molecule is Cc1cc(O)ccc1NC(=O)c1cc(F)cc([N+](=O)[O-])c1. The molecule has 0 atom stereocenters. The van der Waals surface area contributed by atoms with Crippen molar-refractivity contribution in [1.82, 2.24) is 0 Å². The number of benzene rings is 2. The summed E-state index contributed by atoms with van der Waals surface area (Å²) in [6, 6.07) is 6.96. The van der Waals surface area contributed by atoms with Crippen LogP contribution in [0.15, 0.2) is 36.4 Å². The summed E-state index contributed by atoms with van der Waals surface area (Å²) in [5.41, 5.74) is 0.371. The molecule has 0 spiro atoms. The average molecular weight is 290 g/mol. The second-order valence-corrected chi connectivity index (χ2v) is 4.41. The van der Waals surface area contributed by atoms with Crippen molar-refractivity contribution in [1.29, 1.82) is 0 Å². The highest BCUT2D eigenvalue weighted by atomic mass is 19.1. The van der Waals surface area contributed by atoms with E-state index in [1.54, 1.807) is 6.92 Å². The van der Waals surface area contributed by atoms with Gasteiger partial charge in [-0.1, -0.05) is 0 Å². The fourth-order valence-electron chi connectivity index (χ4n) is 1.79. The molecule has 0 aliphatic rings. The quantitative estimate of drug-likeness (QED) is 0.516. The number of hydrogen-bond donors (Lipinski definition) is 2. The highest BCUT2D eigenvalue weighted by Gasteiger charge is 2.15. The first-order valence-electron chi connectivity index (χ1n) is 5.93. The molecule has 2 N–H and O–H groups in total. The number of nitro groups is 1. The van der Waals surface area contributed by atoms with Gasteiger partial charge in [-0.2, -0.15) is 0 Å². The van der Waals surface area contributed by atoms with E-state index in [0.717, 1.165) is 18.2 Å². The van der Waals surface area contributed by atoms with Gasteiger partial charge in [-0.25, -0.2) is 4.39 Å². The molecular formula is C14H11FN2O4. The topological polar surface area (TPSA) is 92.5 Å². The Morgan fingerprint density at radius 2 is 2.00 bits per heavy atom. The third-order valence-corrected chi connectivity index (χ3v) is 2.81. The lowest BCUT2D eigenvalue weighted by molar-refractivity contribution is -0.385. The van der Waals surface area contributed by atoms with Crippen molar-refractivity contribution in [2.45, 2.75) is 6.92 Å². The third kappa shape index (κ3) is 3.33. The minimum atomic E-state index is -0.864. The van der Waals surface area contributed by atoms with Crippen LogP contribution < -0.4 is 5.32 Å². The molecule has 7 heteroatoms. The fourth-order valence-corrected chi connectivity index (χ4v) is 1.79. The number of rotatable bonds is 3. The monoisotopic (exact) mass is 290 g/mol. The largest absolute Gasteiger partial charge is 0.508 e. The molecule has 0 radical (unpaired) electrons. The average Bonchev–Trinajstić information content (AvgIpc) is 2.41. The number of halogens is 1. The van der Waals surface area contributed by atoms with E-state index >= 15 is 0 Å². The number of aromatic hydroxyl groups is 1. The number of hydrogen-bond acceptors (Lipinski definition) is 4. The normalized spacial score (nSPS) is 10.2. The number of amides is 1. The lowest BCUT2D eigenvalue weighted by Gasteiger charge is -2.08. The van der Waals surface area contributed by atoms with Crippen molar-refractivity contribution in [2.24, 2.45) is 0 Å². The zero-order chi connectivity index (χ0) is 15.6. The summed E-state index contributed by atoms with van der Waals surface area (Å²) in [5.74, 6) is -1.49. The van der Waals surface area contributed by atoms with Gasteiger partial charge >= 0.3 is 0 Å². The third-order valence-electron chi connectivity index (χ3n) is 2.81. The predicted octanol–water partition coefficient (Wildman–Crippen LogP) is 3.00. The fraction of sp³-hybridized carbons (Fsp3) is 0.0714. The Morgan fingerprint density at radius 1 is 1.29 bits per heavy atom. The Balaban J connectivity index is 2.30. The second kappa shape index (κ2) is 5.58. The van der Waals surface area contributed by atoms with Crippen molar-refractivity contribution in [3.63, 3.8) is 0 Å². The van der Waals surface area contributed by atoms with E-state index < -0.39 is 22.3 Å². The van der Waals surface area contributed by atoms with Crippen LogP contribution in [0.25, 0.3) is 0 Å². The molecule has 2 aromatic rings. The lowest BCUT2D eigenvalue weighted by Crippen LogP contribution is -2.13. The molecular weight excluding hydrogens is 279 g/mol. The van der Waals surface area contributed by atoms with Crippen molar-refractivity contribution in [3.05, 3.63) is 63.5 Å². The Hall–Kier alpha value is -2.96. The van der Waals surface area contributed by atoms with E-state index in [4.69, 9.17) is 0 Å². The maximum absolute atomic E-state index is 13.3. The van der Waals surface area contributed by atoms with E-state index in [1.807, 2.05) is 0 Å². The predicted molar refractivity (Wildman–Crippen MR) is 73.9 cm³/mol. The molecule has 6 nitrogen and oxygen atoms in total. The Kier molecular flexibility index (Phi) is 3.84. The van der Waals surface area contributed by atoms with Gasteiger partial charge in [0.05, 0.1) is 11.0 Å². The summed E-state index contributed by atoms with van der Waals surface area (Å²) in [6.45, 7) is 1.67. The number of nitrogens with one attached hydrogen (secondary N) is 1. The molecule has 0 aliphatic carbocycles. The van der Waals surface area contributed by atoms with Gasteiger partial charge in [0.25, 0.3) is 11.6 Å². The van der Waals surface area contributed by atoms with Gasteiger partial charge in [-0.3, -0.25) is 14.9 Å². The van der Waals surface area contributed by atoms with Crippen LogP contribution in [-0.4, -0.2) is 15.9 Å². The lowest BCUT2D eigenvalue weighted by atomic mass is 10.1. The van der Waals surface area contributed by atoms with Crippen LogP contribution in [0.5, 0.6) is 5.75 Å². The molecule has 2 aromatic carbocycles. The van der Waals surface area contributed by atoms with Gasteiger partial charge in [0.2, 0.25) is 0 Å². The highest BCUT2D eigenvalue weighted by molar-refractivity contribution is 6.05. The molecule has 0 heterocycles. The van der Waals surface area contributed by atoms with Gasteiger partial charge in [0.15, 0.2) is 0 Å². The van der Waals surface area contributed by atoms with Gasteiger partial charge in [-0.05, 0) is 36.8 Å². The molecule has 0 aromatic heterocycles. The summed E-state index contributed by atoms with van der Waals surface area (Å²) < 4.78 is 13.3. The highest BCUT2D eigenvalue weighted by Crippen LogP contribution is 2.22. The van der Waals surface area contributed by atoms with Gasteiger partial charge in [0.1, 0.15) is 11.6 Å². The van der Waals surface area contributed by atoms with Crippen molar-refractivity contribution in [3.8, 4) is 5.75 Å². The minimum Gasteiger partial charge on any atom is -0.508 e. The number of nitro benzene ring substituents is 1. The molecule has 0 saturated carbocycles. The number of phenolic OH excluding ortho intramolecular Hbond substituents is 1. The summed E-state index contributed by atoms with van der Waals surface area (Å²) in [5, 5.41) is 22.5. The molecule has 0 aliphatic heterocycles. The first kappa shape index (κ1) is 14.4. The van der Waals surface area contributed by atoms with E-state index in [-0.39, 0.29) is 11.3 Å². The molecule has 21 heavy (non-hydrogen) atoms. The number of anilines is 1. The van der Waals surface area contributed by atoms with Crippen LogP contribution in [-0.2, 0) is 0 Å². The minimum absolute atomic E-state index is 0.0480. The van der Waals surface area contributed by atoms with Gasteiger partial charge in [0, 0.05) is 17.3 Å². The number of aryl methyl sites for hydroxylation is 1. The van der Waals surface area contributed by atoms with Crippen LogP contribution >= 0.6 is 0 Å². The van der Waals surface area contributed by atoms with E-state index in [2.05, 4.69) is 5.32 Å². The Labute approximate surface area is 119 Å². The number of non-ortho nitro benzene ring substituents is 1. The van der Waals surface area contributed by atoms with Crippen molar-refractivity contribution < 1.29 is 19.2 Å². The zero-order valence-electron chi connectivity index (χ0n) is 11.0. The smallest absolute Gasteiger partial charge is 0.273 e. The summed E-state index contributed by atoms with van der Waals surface area (Å²) >= 11 is 0. The van der Waals surface area contributed by atoms with Crippen LogP contribution in [0.1, 0.15) is 15.9 Å². The maximum atomic E-state index is 13.3. The number of nitrogens with zero attached hydrogens (tertiary/aromatic N) is 1. The number of carbonyl (C=O) groups excluding carboxylic acids is 1. The molecule has 0 saturated heterocycles. The van der Waals surface area contributed by atoms with Gasteiger partial charge < -0.3 is 10.4 Å². The van der Waals surface area contributed by atoms with Gasteiger partial charge in [-0.15, -0.1) is 0 Å². The van der Waals surface area contributed by atoms with Crippen LogP contribution in [0.4, 0.5) is 15.8 Å². The molecule has 2 rings (SSSR count). The number of phenols is 1. The summed E-state index contributed by atoms with van der Waals surface area (Å²) in [7, 11) is 0. The summed E-state index contributed by atoms with van der Waals surface area (Å²) in [6.07, 6.45) is 0. The first-order valence-corrected chi connectivity index (χ1v) is 5.93.